The molecule has 0 spiro atoms. The Bertz CT molecular complexity index is 659. The molecular weight excluding hydrogens is 288 g/mol. The maximum atomic E-state index is 5.75. The van der Waals surface area contributed by atoms with E-state index in [-0.39, 0.29) is 6.04 Å². The van der Waals surface area contributed by atoms with Crippen LogP contribution in [0.3, 0.4) is 0 Å². The molecule has 0 aliphatic heterocycles. The summed E-state index contributed by atoms with van der Waals surface area (Å²) in [6, 6.07) is 12.5. The summed E-state index contributed by atoms with van der Waals surface area (Å²) in [6.07, 6.45) is 0. The van der Waals surface area contributed by atoms with Crippen LogP contribution in [0.4, 0.5) is 0 Å². The van der Waals surface area contributed by atoms with Crippen LogP contribution in [0.1, 0.15) is 23.4 Å². The molecule has 1 atom stereocenters. The summed E-state index contributed by atoms with van der Waals surface area (Å²) in [7, 11) is 0. The zero-order valence-electron chi connectivity index (χ0n) is 11.1. The molecule has 0 saturated carbocycles. The second kappa shape index (κ2) is 5.93. The predicted molar refractivity (Wildman–Crippen MR) is 86.5 cm³/mol. The second-order valence-corrected chi connectivity index (χ2v) is 6.46. The highest BCUT2D eigenvalue weighted by atomic mass is 32.1. The Balaban J connectivity index is 1.90. The summed E-state index contributed by atoms with van der Waals surface area (Å²) < 4.78 is 8.10. The molecule has 0 fully saturated rings. The molecule has 0 aliphatic carbocycles. The summed E-state index contributed by atoms with van der Waals surface area (Å²) in [4.78, 5) is 1.23. The molecule has 0 bridgehead atoms. The van der Waals surface area contributed by atoms with E-state index in [0.717, 1.165) is 11.3 Å². The van der Waals surface area contributed by atoms with E-state index >= 15 is 0 Å². The third kappa shape index (κ3) is 2.58. The monoisotopic (exact) mass is 304 g/mol. The number of benzene rings is 1. The van der Waals surface area contributed by atoms with Crippen molar-refractivity contribution in [2.75, 3.05) is 6.61 Å². The van der Waals surface area contributed by atoms with Crippen molar-refractivity contribution < 1.29 is 4.74 Å². The molecule has 0 aliphatic rings. The number of hydrazine groups is 1. The molecule has 1 unspecified atom stereocenters. The topological polar surface area (TPSA) is 47.3 Å². The molecule has 104 valence electrons. The van der Waals surface area contributed by atoms with Gasteiger partial charge in [0.15, 0.2) is 0 Å². The lowest BCUT2D eigenvalue weighted by atomic mass is 10.1. The third-order valence-corrected chi connectivity index (χ3v) is 5.29. The highest BCUT2D eigenvalue weighted by Gasteiger charge is 2.16. The quantitative estimate of drug-likeness (QED) is 0.555. The first kappa shape index (κ1) is 13.6. The molecule has 1 aromatic carbocycles. The Morgan fingerprint density at radius 3 is 2.65 bits per heavy atom. The van der Waals surface area contributed by atoms with Gasteiger partial charge >= 0.3 is 0 Å². The average molecular weight is 304 g/mol. The van der Waals surface area contributed by atoms with Gasteiger partial charge in [0, 0.05) is 14.3 Å². The summed E-state index contributed by atoms with van der Waals surface area (Å²) >= 11 is 3.54. The molecule has 3 aromatic rings. The van der Waals surface area contributed by atoms with E-state index in [1.54, 1.807) is 22.7 Å². The van der Waals surface area contributed by atoms with E-state index in [9.17, 15) is 0 Å². The normalized spacial score (nSPS) is 12.7. The van der Waals surface area contributed by atoms with Gasteiger partial charge in [-0.05, 0) is 42.1 Å². The van der Waals surface area contributed by atoms with Gasteiger partial charge in [-0.2, -0.15) is 0 Å². The highest BCUT2D eigenvalue weighted by molar-refractivity contribution is 7.27. The number of ether oxygens (including phenoxy) is 1. The van der Waals surface area contributed by atoms with Gasteiger partial charge < -0.3 is 4.74 Å². The summed E-state index contributed by atoms with van der Waals surface area (Å²) in [5, 5.41) is 2.12. The number of fused-ring (bicyclic) bond motifs is 1. The number of thiophene rings is 2. The van der Waals surface area contributed by atoms with Gasteiger partial charge in [-0.3, -0.25) is 5.84 Å². The molecule has 2 heterocycles. The van der Waals surface area contributed by atoms with Crippen molar-refractivity contribution in [2.45, 2.75) is 13.0 Å². The molecule has 3 nitrogen and oxygen atoms in total. The minimum Gasteiger partial charge on any atom is -0.494 e. The van der Waals surface area contributed by atoms with Crippen molar-refractivity contribution in [2.24, 2.45) is 5.84 Å². The highest BCUT2D eigenvalue weighted by Crippen LogP contribution is 2.35. The Kier molecular flexibility index (Phi) is 4.03. The molecule has 0 saturated heterocycles. The second-order valence-electron chi connectivity index (χ2n) is 4.40. The number of nitrogens with two attached hydrogens (primary N) is 1. The van der Waals surface area contributed by atoms with Crippen LogP contribution in [0.5, 0.6) is 5.75 Å². The van der Waals surface area contributed by atoms with Gasteiger partial charge in [0.2, 0.25) is 0 Å². The van der Waals surface area contributed by atoms with Gasteiger partial charge in [-0.25, -0.2) is 5.43 Å². The van der Waals surface area contributed by atoms with Crippen LogP contribution >= 0.6 is 22.7 Å². The Morgan fingerprint density at radius 2 is 2.00 bits per heavy atom. The number of hydrogen-bond donors (Lipinski definition) is 2. The fourth-order valence-corrected chi connectivity index (χ4v) is 4.40. The third-order valence-electron chi connectivity index (χ3n) is 3.13. The lowest BCUT2D eigenvalue weighted by Gasteiger charge is -2.15. The summed E-state index contributed by atoms with van der Waals surface area (Å²) in [5.41, 5.74) is 4.05. The minimum atomic E-state index is 0.0234. The fourth-order valence-electron chi connectivity index (χ4n) is 2.19. The Hall–Kier alpha value is -1.40. The lowest BCUT2D eigenvalue weighted by Crippen LogP contribution is -2.28. The van der Waals surface area contributed by atoms with Crippen molar-refractivity contribution in [1.29, 1.82) is 0 Å². The van der Waals surface area contributed by atoms with Crippen molar-refractivity contribution >= 4 is 32.1 Å². The van der Waals surface area contributed by atoms with Crippen LogP contribution in [-0.2, 0) is 0 Å². The smallest absolute Gasteiger partial charge is 0.119 e. The molecule has 3 rings (SSSR count). The molecular formula is C15H16N2OS2. The van der Waals surface area contributed by atoms with Crippen molar-refractivity contribution in [3.8, 4) is 5.75 Å². The number of nitrogens with one attached hydrogen (secondary N) is 1. The zero-order valence-corrected chi connectivity index (χ0v) is 12.8. The van der Waals surface area contributed by atoms with Crippen LogP contribution in [0.2, 0.25) is 0 Å². The fraction of sp³-hybridized carbons (Fsp3) is 0.200. The van der Waals surface area contributed by atoms with Crippen LogP contribution < -0.4 is 16.0 Å². The van der Waals surface area contributed by atoms with Crippen molar-refractivity contribution in [3.05, 3.63) is 52.2 Å². The van der Waals surface area contributed by atoms with Gasteiger partial charge in [0.05, 0.1) is 12.6 Å². The van der Waals surface area contributed by atoms with Crippen LogP contribution in [0, 0.1) is 0 Å². The molecule has 0 radical (unpaired) electrons. The van der Waals surface area contributed by atoms with Gasteiger partial charge in [-0.15, -0.1) is 22.7 Å². The van der Waals surface area contributed by atoms with Crippen molar-refractivity contribution in [3.63, 3.8) is 0 Å². The summed E-state index contributed by atoms with van der Waals surface area (Å²) in [6.45, 7) is 2.66. The largest absolute Gasteiger partial charge is 0.494 e. The zero-order chi connectivity index (χ0) is 13.9. The molecule has 0 amide bonds. The Morgan fingerprint density at radius 1 is 1.20 bits per heavy atom. The van der Waals surface area contributed by atoms with E-state index < -0.39 is 0 Å². The number of hydrogen-bond acceptors (Lipinski definition) is 5. The van der Waals surface area contributed by atoms with E-state index in [2.05, 4.69) is 35.1 Å². The lowest BCUT2D eigenvalue weighted by molar-refractivity contribution is 0.340. The molecule has 20 heavy (non-hydrogen) atoms. The van der Waals surface area contributed by atoms with E-state index in [4.69, 9.17) is 10.6 Å². The standard InChI is InChI=1S/C15H16N2OS2/c1-2-18-11-5-3-10(4-6-11)15(17-16)14-9-13-12(20-14)7-8-19-13/h3-9,15,17H,2,16H2,1H3. The minimum absolute atomic E-state index is 0.0234. The molecule has 2 aromatic heterocycles. The first-order chi connectivity index (χ1) is 9.81. The Labute approximate surface area is 126 Å². The van der Waals surface area contributed by atoms with Crippen LogP contribution in [-0.4, -0.2) is 6.61 Å². The SMILES string of the molecule is CCOc1ccc(C(NN)c2cc3sccc3s2)cc1. The van der Waals surface area contributed by atoms with E-state index in [1.165, 1.54) is 14.3 Å². The van der Waals surface area contributed by atoms with E-state index in [1.807, 2.05) is 19.1 Å². The maximum Gasteiger partial charge on any atom is 0.119 e. The first-order valence-corrected chi connectivity index (χ1v) is 8.17. The number of rotatable bonds is 5. The van der Waals surface area contributed by atoms with Gasteiger partial charge in [-0.1, -0.05) is 12.1 Å². The van der Waals surface area contributed by atoms with Gasteiger partial charge in [0.1, 0.15) is 5.75 Å². The van der Waals surface area contributed by atoms with E-state index in [0.29, 0.717) is 6.61 Å². The molecule has 5 heteroatoms. The van der Waals surface area contributed by atoms with Crippen LogP contribution in [0.15, 0.2) is 41.8 Å². The first-order valence-electron chi connectivity index (χ1n) is 6.47. The maximum absolute atomic E-state index is 5.75. The summed E-state index contributed by atoms with van der Waals surface area (Å²) in [5.74, 6) is 6.64. The average Bonchev–Trinajstić information content (AvgIpc) is 3.03. The van der Waals surface area contributed by atoms with Crippen LogP contribution in [0.25, 0.3) is 9.40 Å². The molecule has 3 N–H and O–H groups in total. The predicted octanol–water partition coefficient (Wildman–Crippen LogP) is 3.91. The van der Waals surface area contributed by atoms with Gasteiger partial charge in [0.25, 0.3) is 0 Å². The van der Waals surface area contributed by atoms with Crippen molar-refractivity contribution in [1.82, 2.24) is 5.43 Å².